The van der Waals surface area contributed by atoms with Crippen LogP contribution in [0.2, 0.25) is 0 Å². The number of amides is 1. The van der Waals surface area contributed by atoms with E-state index >= 15 is 0 Å². The van der Waals surface area contributed by atoms with Crippen molar-refractivity contribution in [2.24, 2.45) is 0 Å². The summed E-state index contributed by atoms with van der Waals surface area (Å²) in [6.07, 6.45) is 1.56. The Bertz CT molecular complexity index is 895. The molecule has 0 bridgehead atoms. The molecule has 0 aromatic heterocycles. The minimum absolute atomic E-state index is 0.0317. The predicted molar refractivity (Wildman–Crippen MR) is 96.9 cm³/mol. The number of nitro groups is 1. The topological polar surface area (TPSA) is 83.7 Å². The maximum atomic E-state index is 12.6. The van der Waals surface area contributed by atoms with Gasteiger partial charge >= 0.3 is 0 Å². The van der Waals surface area contributed by atoms with Gasteiger partial charge in [-0.2, -0.15) is 0 Å². The summed E-state index contributed by atoms with van der Waals surface area (Å²) in [5, 5.41) is 20.4. The van der Waals surface area contributed by atoms with E-state index in [2.05, 4.69) is 0 Å². The van der Waals surface area contributed by atoms with Gasteiger partial charge in [0.1, 0.15) is 5.75 Å². The molecule has 8 heteroatoms. The van der Waals surface area contributed by atoms with E-state index < -0.39 is 4.92 Å². The SMILES string of the molecule is O=C1/C(=C\c2cccc([N+](=O)[O-])c2)SC(=S)N1c1cccc(O)c1. The lowest BCUT2D eigenvalue weighted by Crippen LogP contribution is -2.27. The number of carbonyl (C=O) groups is 1. The van der Waals surface area contributed by atoms with Crippen molar-refractivity contribution in [1.82, 2.24) is 0 Å². The summed E-state index contributed by atoms with van der Waals surface area (Å²) >= 11 is 6.35. The molecule has 3 rings (SSSR count). The number of rotatable bonds is 3. The predicted octanol–water partition coefficient (Wildman–Crippen LogP) is 3.71. The first kappa shape index (κ1) is 16.2. The molecule has 1 aliphatic rings. The quantitative estimate of drug-likeness (QED) is 0.390. The Balaban J connectivity index is 1.94. The van der Waals surface area contributed by atoms with Gasteiger partial charge in [-0.1, -0.05) is 42.2 Å². The number of benzene rings is 2. The minimum atomic E-state index is -0.491. The van der Waals surface area contributed by atoms with Gasteiger partial charge in [0.25, 0.3) is 11.6 Å². The number of carbonyl (C=O) groups excluding carboxylic acids is 1. The summed E-state index contributed by atoms with van der Waals surface area (Å²) in [7, 11) is 0. The number of phenols is 1. The van der Waals surface area contributed by atoms with Crippen molar-refractivity contribution in [3.8, 4) is 5.75 Å². The van der Waals surface area contributed by atoms with E-state index in [1.807, 2.05) is 0 Å². The highest BCUT2D eigenvalue weighted by Gasteiger charge is 2.33. The first-order chi connectivity index (χ1) is 11.5. The maximum Gasteiger partial charge on any atom is 0.270 e. The summed E-state index contributed by atoms with van der Waals surface area (Å²) in [6, 6.07) is 12.2. The van der Waals surface area contributed by atoms with Crippen LogP contribution in [0, 0.1) is 10.1 Å². The molecular weight excluding hydrogens is 348 g/mol. The van der Waals surface area contributed by atoms with E-state index in [4.69, 9.17) is 12.2 Å². The molecule has 0 aliphatic carbocycles. The Morgan fingerprint density at radius 1 is 1.21 bits per heavy atom. The highest BCUT2D eigenvalue weighted by Crippen LogP contribution is 2.37. The second-order valence-electron chi connectivity index (χ2n) is 4.89. The van der Waals surface area contributed by atoms with Crippen LogP contribution in [0.25, 0.3) is 6.08 Å². The van der Waals surface area contributed by atoms with Crippen LogP contribution in [0.3, 0.4) is 0 Å². The number of thiocarbonyl (C=S) groups is 1. The molecule has 0 unspecified atom stereocenters. The fourth-order valence-electron chi connectivity index (χ4n) is 2.20. The maximum absolute atomic E-state index is 12.6. The Labute approximate surface area is 146 Å². The third-order valence-corrected chi connectivity index (χ3v) is 4.56. The second kappa shape index (κ2) is 6.42. The number of nitrogens with zero attached hydrogens (tertiary/aromatic N) is 2. The lowest BCUT2D eigenvalue weighted by atomic mass is 10.2. The average Bonchev–Trinajstić information content (AvgIpc) is 2.81. The van der Waals surface area contributed by atoms with Gasteiger partial charge in [0.15, 0.2) is 4.32 Å². The highest BCUT2D eigenvalue weighted by molar-refractivity contribution is 8.27. The van der Waals surface area contributed by atoms with E-state index in [-0.39, 0.29) is 17.3 Å². The number of phenolic OH excluding ortho intramolecular Hbond substituents is 1. The van der Waals surface area contributed by atoms with Crippen molar-refractivity contribution in [2.75, 3.05) is 4.90 Å². The van der Waals surface area contributed by atoms with Gasteiger partial charge in [0.05, 0.1) is 15.5 Å². The summed E-state index contributed by atoms with van der Waals surface area (Å²) in [5.74, 6) is -0.300. The Hall–Kier alpha value is -2.71. The number of non-ortho nitro benzene ring substituents is 1. The zero-order valence-electron chi connectivity index (χ0n) is 12.1. The zero-order valence-corrected chi connectivity index (χ0v) is 13.7. The zero-order chi connectivity index (χ0) is 17.3. The van der Waals surface area contributed by atoms with Crippen LogP contribution in [0.4, 0.5) is 11.4 Å². The van der Waals surface area contributed by atoms with Crippen molar-refractivity contribution in [2.45, 2.75) is 0 Å². The van der Waals surface area contributed by atoms with E-state index in [1.165, 1.54) is 29.2 Å². The number of aromatic hydroxyl groups is 1. The smallest absolute Gasteiger partial charge is 0.270 e. The van der Waals surface area contributed by atoms with Crippen molar-refractivity contribution < 1.29 is 14.8 Å². The molecule has 1 heterocycles. The molecule has 6 nitrogen and oxygen atoms in total. The van der Waals surface area contributed by atoms with Gasteiger partial charge in [-0.3, -0.25) is 19.8 Å². The van der Waals surface area contributed by atoms with Crippen LogP contribution < -0.4 is 4.90 Å². The largest absolute Gasteiger partial charge is 0.508 e. The summed E-state index contributed by atoms with van der Waals surface area (Å²) in [4.78, 5) is 24.6. The monoisotopic (exact) mass is 358 g/mol. The summed E-state index contributed by atoms with van der Waals surface area (Å²) in [5.41, 5.74) is 0.966. The molecule has 120 valence electrons. The number of nitro benzene ring substituents is 1. The van der Waals surface area contributed by atoms with Gasteiger partial charge in [0, 0.05) is 18.2 Å². The molecule has 1 saturated heterocycles. The van der Waals surface area contributed by atoms with E-state index in [0.717, 1.165) is 11.8 Å². The van der Waals surface area contributed by atoms with E-state index in [9.17, 15) is 20.0 Å². The van der Waals surface area contributed by atoms with Crippen LogP contribution in [0.5, 0.6) is 5.75 Å². The second-order valence-corrected chi connectivity index (χ2v) is 6.56. The van der Waals surface area contributed by atoms with Crippen LogP contribution >= 0.6 is 24.0 Å². The third kappa shape index (κ3) is 3.15. The van der Waals surface area contributed by atoms with Gasteiger partial charge in [-0.25, -0.2) is 0 Å². The van der Waals surface area contributed by atoms with E-state index in [0.29, 0.717) is 20.5 Å². The number of hydrogen-bond acceptors (Lipinski definition) is 6. The molecule has 0 radical (unpaired) electrons. The summed E-state index contributed by atoms with van der Waals surface area (Å²) in [6.45, 7) is 0. The fraction of sp³-hybridized carbons (Fsp3) is 0. The first-order valence-corrected chi connectivity index (χ1v) is 7.99. The van der Waals surface area contributed by atoms with Crippen molar-refractivity contribution >= 4 is 51.7 Å². The van der Waals surface area contributed by atoms with E-state index in [1.54, 1.807) is 30.3 Å². The molecule has 24 heavy (non-hydrogen) atoms. The van der Waals surface area contributed by atoms with Crippen LogP contribution in [0.15, 0.2) is 53.4 Å². The lowest BCUT2D eigenvalue weighted by molar-refractivity contribution is -0.384. The third-order valence-electron chi connectivity index (χ3n) is 3.26. The van der Waals surface area contributed by atoms with Gasteiger partial charge in [-0.15, -0.1) is 0 Å². The molecule has 0 saturated carbocycles. The minimum Gasteiger partial charge on any atom is -0.508 e. The molecule has 2 aromatic rings. The Morgan fingerprint density at radius 2 is 1.96 bits per heavy atom. The van der Waals surface area contributed by atoms with Crippen molar-refractivity contribution in [3.63, 3.8) is 0 Å². The Morgan fingerprint density at radius 3 is 2.67 bits per heavy atom. The van der Waals surface area contributed by atoms with Gasteiger partial charge in [0.2, 0.25) is 0 Å². The molecule has 0 atom stereocenters. The van der Waals surface area contributed by atoms with Crippen LogP contribution in [-0.2, 0) is 4.79 Å². The lowest BCUT2D eigenvalue weighted by Gasteiger charge is -2.14. The van der Waals surface area contributed by atoms with Crippen molar-refractivity contribution in [1.29, 1.82) is 0 Å². The molecule has 2 aromatic carbocycles. The first-order valence-electron chi connectivity index (χ1n) is 6.77. The molecule has 1 N–H and O–H groups in total. The summed E-state index contributed by atoms with van der Waals surface area (Å²) < 4.78 is 0.335. The standard InChI is InChI=1S/C16H10N2O4S2/c19-13-6-2-4-11(9-13)17-15(20)14(24-16(17)23)8-10-3-1-5-12(7-10)18(21)22/h1-9,19H/b14-8+. The molecule has 1 fully saturated rings. The van der Waals surface area contributed by atoms with Crippen LogP contribution in [-0.4, -0.2) is 20.3 Å². The number of thioether (sulfide) groups is 1. The molecule has 1 amide bonds. The van der Waals surface area contributed by atoms with Crippen LogP contribution in [0.1, 0.15) is 5.56 Å². The number of hydrogen-bond donors (Lipinski definition) is 1. The molecule has 1 aliphatic heterocycles. The van der Waals surface area contributed by atoms with Crippen molar-refractivity contribution in [3.05, 3.63) is 69.1 Å². The van der Waals surface area contributed by atoms with Gasteiger partial charge in [-0.05, 0) is 23.8 Å². The highest BCUT2D eigenvalue weighted by atomic mass is 32.2. The number of anilines is 1. The van der Waals surface area contributed by atoms with Gasteiger partial charge < -0.3 is 5.11 Å². The fourth-order valence-corrected chi connectivity index (χ4v) is 3.50. The molecule has 0 spiro atoms. The average molecular weight is 358 g/mol. The Kier molecular flexibility index (Phi) is 4.32. The molecular formula is C16H10N2O4S2. The normalized spacial score (nSPS) is 16.0.